The topological polar surface area (TPSA) is 48.4 Å². The third-order valence-corrected chi connectivity index (χ3v) is 3.37. The maximum atomic E-state index is 12.2. The number of alkyl halides is 2. The Bertz CT molecular complexity index is 369. The van der Waals surface area contributed by atoms with Gasteiger partial charge in [-0.1, -0.05) is 6.07 Å². The number of anilines is 1. The van der Waals surface area contributed by atoms with Gasteiger partial charge in [-0.05, 0) is 25.0 Å². The van der Waals surface area contributed by atoms with E-state index < -0.39 is 12.5 Å². The van der Waals surface area contributed by atoms with Crippen molar-refractivity contribution in [3.63, 3.8) is 0 Å². The molecule has 0 spiro atoms. The third kappa shape index (κ3) is 4.11. The van der Waals surface area contributed by atoms with Crippen molar-refractivity contribution in [2.45, 2.75) is 31.4 Å². The van der Waals surface area contributed by atoms with Crippen LogP contribution in [0.5, 0.6) is 0 Å². The zero-order chi connectivity index (χ0) is 13.7. The minimum atomic E-state index is -2.68. The molecule has 1 saturated heterocycles. The summed E-state index contributed by atoms with van der Waals surface area (Å²) >= 11 is 0. The van der Waals surface area contributed by atoms with Crippen LogP contribution in [0.25, 0.3) is 0 Å². The maximum absolute atomic E-state index is 12.2. The largest absolute Gasteiger partial charge is 0.386 e. The first-order valence-corrected chi connectivity index (χ1v) is 6.52. The Kier molecular flexibility index (Phi) is 5.04. The lowest BCUT2D eigenvalue weighted by Crippen LogP contribution is -2.45. The predicted molar refractivity (Wildman–Crippen MR) is 69.5 cm³/mol. The minimum Gasteiger partial charge on any atom is -0.386 e. The summed E-state index contributed by atoms with van der Waals surface area (Å²) < 4.78 is 24.3. The molecule has 1 aliphatic rings. The Labute approximate surface area is 111 Å². The van der Waals surface area contributed by atoms with Crippen molar-refractivity contribution in [1.82, 2.24) is 10.3 Å². The van der Waals surface area contributed by atoms with E-state index in [9.17, 15) is 8.78 Å². The molecule has 0 radical (unpaired) electrons. The average molecular weight is 271 g/mol. The molecule has 0 bridgehead atoms. The molecule has 1 aromatic rings. The van der Waals surface area contributed by atoms with Gasteiger partial charge in [-0.3, -0.25) is 0 Å². The van der Waals surface area contributed by atoms with Crippen LogP contribution in [0.1, 0.15) is 12.8 Å². The smallest absolute Gasteiger partial charge is 0.265 e. The quantitative estimate of drug-likeness (QED) is 0.846. The van der Waals surface area contributed by atoms with Gasteiger partial charge in [0.25, 0.3) is 6.43 Å². The van der Waals surface area contributed by atoms with E-state index in [1.54, 1.807) is 6.20 Å². The van der Waals surface area contributed by atoms with Crippen LogP contribution >= 0.6 is 0 Å². The molecule has 0 aliphatic carbocycles. The summed E-state index contributed by atoms with van der Waals surface area (Å²) in [6, 6.07) is 5.98. The highest BCUT2D eigenvalue weighted by molar-refractivity contribution is 5.38. The lowest BCUT2D eigenvalue weighted by atomic mass is 10.0. The first kappa shape index (κ1) is 14.1. The van der Waals surface area contributed by atoms with Crippen LogP contribution in [0, 0.1) is 0 Å². The second-order valence-corrected chi connectivity index (χ2v) is 4.76. The highest BCUT2D eigenvalue weighted by atomic mass is 19.3. The van der Waals surface area contributed by atoms with Crippen molar-refractivity contribution in [2.24, 2.45) is 0 Å². The molecule has 1 aliphatic heterocycles. The number of nitrogens with one attached hydrogen (secondary N) is 1. The summed E-state index contributed by atoms with van der Waals surface area (Å²) in [5.74, 6) is 0.952. The van der Waals surface area contributed by atoms with Crippen LogP contribution in [-0.4, -0.2) is 48.3 Å². The highest BCUT2D eigenvalue weighted by Crippen LogP contribution is 2.17. The molecule has 0 aromatic carbocycles. The zero-order valence-electron chi connectivity index (χ0n) is 10.7. The van der Waals surface area contributed by atoms with Gasteiger partial charge in [0, 0.05) is 31.9 Å². The normalized spacial score (nSPS) is 18.8. The summed E-state index contributed by atoms with van der Waals surface area (Å²) in [6.07, 6.45) is -0.757. The molecule has 0 saturated carbocycles. The molecule has 4 nitrogen and oxygen atoms in total. The van der Waals surface area contributed by atoms with Gasteiger partial charge in [-0.2, -0.15) is 0 Å². The van der Waals surface area contributed by atoms with E-state index in [2.05, 4.69) is 15.2 Å². The number of aromatic nitrogens is 1. The number of hydrogen-bond donors (Lipinski definition) is 2. The van der Waals surface area contributed by atoms with Gasteiger partial charge in [-0.25, -0.2) is 13.8 Å². The van der Waals surface area contributed by atoms with Gasteiger partial charge in [0.15, 0.2) is 0 Å². The molecule has 19 heavy (non-hydrogen) atoms. The number of halogens is 2. The van der Waals surface area contributed by atoms with E-state index in [1.165, 1.54) is 0 Å². The van der Waals surface area contributed by atoms with Crippen molar-refractivity contribution in [1.29, 1.82) is 0 Å². The van der Waals surface area contributed by atoms with Gasteiger partial charge in [0.05, 0.1) is 0 Å². The van der Waals surface area contributed by atoms with Crippen LogP contribution in [-0.2, 0) is 0 Å². The Morgan fingerprint density at radius 1 is 1.37 bits per heavy atom. The lowest BCUT2D eigenvalue weighted by Gasteiger charge is -2.33. The monoisotopic (exact) mass is 271 g/mol. The predicted octanol–water partition coefficient (Wildman–Crippen LogP) is 1.27. The first-order chi connectivity index (χ1) is 9.16. The van der Waals surface area contributed by atoms with Crippen LogP contribution in [0.2, 0.25) is 0 Å². The van der Waals surface area contributed by atoms with Crippen molar-refractivity contribution in [3.8, 4) is 0 Å². The van der Waals surface area contributed by atoms with Gasteiger partial charge in [0.2, 0.25) is 0 Å². The molecule has 2 rings (SSSR count). The van der Waals surface area contributed by atoms with Gasteiger partial charge in [0.1, 0.15) is 11.9 Å². The Balaban J connectivity index is 1.74. The second kappa shape index (κ2) is 6.77. The number of rotatable bonds is 5. The maximum Gasteiger partial charge on any atom is 0.265 e. The van der Waals surface area contributed by atoms with E-state index >= 15 is 0 Å². The lowest BCUT2D eigenvalue weighted by molar-refractivity contribution is -0.00495. The fraction of sp³-hybridized carbons (Fsp3) is 0.615. The van der Waals surface area contributed by atoms with Crippen molar-refractivity contribution >= 4 is 5.82 Å². The number of hydrogen-bond acceptors (Lipinski definition) is 4. The standard InChI is InChI=1S/C13H19F2N3O/c14-13(15)11(19)9-17-10-4-7-18(8-5-10)12-3-1-2-6-16-12/h1-3,6,10-11,13,17,19H,4-5,7-9H2. The van der Waals surface area contributed by atoms with Crippen molar-refractivity contribution in [2.75, 3.05) is 24.5 Å². The number of piperidine rings is 1. The van der Waals surface area contributed by atoms with E-state index in [4.69, 9.17) is 5.11 Å². The number of pyridine rings is 1. The second-order valence-electron chi connectivity index (χ2n) is 4.76. The van der Waals surface area contributed by atoms with Crippen molar-refractivity contribution in [3.05, 3.63) is 24.4 Å². The molecule has 6 heteroatoms. The highest BCUT2D eigenvalue weighted by Gasteiger charge is 2.22. The minimum absolute atomic E-state index is 0.0497. The van der Waals surface area contributed by atoms with Gasteiger partial charge in [-0.15, -0.1) is 0 Å². The fourth-order valence-electron chi connectivity index (χ4n) is 2.23. The summed E-state index contributed by atoms with van der Waals surface area (Å²) in [5, 5.41) is 12.1. The molecule has 2 heterocycles. The SMILES string of the molecule is OC(CNC1CCN(c2ccccn2)CC1)C(F)F. The third-order valence-electron chi connectivity index (χ3n) is 3.37. The Hall–Kier alpha value is -1.27. The fourth-order valence-corrected chi connectivity index (χ4v) is 2.23. The molecule has 2 N–H and O–H groups in total. The number of aliphatic hydroxyl groups excluding tert-OH is 1. The number of nitrogens with zero attached hydrogens (tertiary/aromatic N) is 2. The molecule has 1 aromatic heterocycles. The molecule has 106 valence electrons. The van der Waals surface area contributed by atoms with Gasteiger partial charge < -0.3 is 15.3 Å². The van der Waals surface area contributed by atoms with E-state index in [-0.39, 0.29) is 12.6 Å². The van der Waals surface area contributed by atoms with Gasteiger partial charge >= 0.3 is 0 Å². The molecule has 1 atom stereocenters. The molecule has 1 unspecified atom stereocenters. The zero-order valence-corrected chi connectivity index (χ0v) is 10.7. The van der Waals surface area contributed by atoms with E-state index in [0.29, 0.717) is 0 Å². The van der Waals surface area contributed by atoms with Crippen molar-refractivity contribution < 1.29 is 13.9 Å². The van der Waals surface area contributed by atoms with Crippen LogP contribution in [0.4, 0.5) is 14.6 Å². The molecular weight excluding hydrogens is 252 g/mol. The summed E-state index contributed by atoms with van der Waals surface area (Å²) in [4.78, 5) is 6.47. The van der Waals surface area contributed by atoms with Crippen LogP contribution in [0.15, 0.2) is 24.4 Å². The Morgan fingerprint density at radius 2 is 2.11 bits per heavy atom. The number of aliphatic hydroxyl groups is 1. The Morgan fingerprint density at radius 3 is 2.68 bits per heavy atom. The summed E-state index contributed by atoms with van der Waals surface area (Å²) in [6.45, 7) is 1.64. The molecular formula is C13H19F2N3O. The van der Waals surface area contributed by atoms with E-state index in [0.717, 1.165) is 31.7 Å². The molecule has 0 amide bonds. The summed E-state index contributed by atoms with van der Waals surface area (Å²) in [5.41, 5.74) is 0. The van der Waals surface area contributed by atoms with Crippen LogP contribution in [0.3, 0.4) is 0 Å². The summed E-state index contributed by atoms with van der Waals surface area (Å²) in [7, 11) is 0. The first-order valence-electron chi connectivity index (χ1n) is 6.52. The van der Waals surface area contributed by atoms with Crippen LogP contribution < -0.4 is 10.2 Å². The molecule has 1 fully saturated rings. The van der Waals surface area contributed by atoms with E-state index in [1.807, 2.05) is 18.2 Å². The average Bonchev–Trinajstić information content (AvgIpc) is 2.46.